The first-order valence-electron chi connectivity index (χ1n) is 10.5. The Morgan fingerprint density at radius 3 is 2.63 bits per heavy atom. The molecule has 0 radical (unpaired) electrons. The number of carbonyl (C=O) groups excluding carboxylic acids is 2. The summed E-state index contributed by atoms with van der Waals surface area (Å²) >= 11 is 0. The normalized spacial score (nSPS) is 22.5. The summed E-state index contributed by atoms with van der Waals surface area (Å²) in [6.07, 6.45) is 4.39. The van der Waals surface area contributed by atoms with Crippen LogP contribution in [0.2, 0.25) is 0 Å². The number of hydrogen-bond donors (Lipinski definition) is 1. The summed E-state index contributed by atoms with van der Waals surface area (Å²) in [6.45, 7) is 6.95. The Labute approximate surface area is 177 Å². The fraction of sp³-hybridized carbons (Fsp3) is 0.500. The van der Waals surface area contributed by atoms with Crippen molar-refractivity contribution in [2.45, 2.75) is 19.9 Å². The van der Waals surface area contributed by atoms with E-state index in [0.717, 1.165) is 30.9 Å². The summed E-state index contributed by atoms with van der Waals surface area (Å²) < 4.78 is 1.81. The van der Waals surface area contributed by atoms with E-state index >= 15 is 0 Å². The molecule has 1 aromatic carbocycles. The van der Waals surface area contributed by atoms with Crippen molar-refractivity contribution in [3.8, 4) is 0 Å². The maximum atomic E-state index is 13.0. The number of benzene rings is 1. The molecule has 3 amide bonds. The van der Waals surface area contributed by atoms with Crippen LogP contribution in [0.4, 0.5) is 10.5 Å². The molecule has 3 heterocycles. The highest BCUT2D eigenvalue weighted by molar-refractivity contribution is 5.89. The van der Waals surface area contributed by atoms with Crippen LogP contribution in [0.5, 0.6) is 0 Å². The summed E-state index contributed by atoms with van der Waals surface area (Å²) in [7, 11) is 1.91. The largest absolute Gasteiger partial charge is 0.342 e. The molecule has 1 aromatic heterocycles. The molecule has 1 spiro atoms. The van der Waals surface area contributed by atoms with Crippen LogP contribution < -0.4 is 5.32 Å². The molecule has 2 fully saturated rings. The average Bonchev–Trinajstić information content (AvgIpc) is 3.21. The van der Waals surface area contributed by atoms with Gasteiger partial charge in [-0.25, -0.2) is 4.79 Å². The molecule has 160 valence electrons. The standard InChI is InChI=1S/C22H30N6O2/c1-3-27-16-22(11-20(27)29)15-26(14-18-12-23-25(2)13-18)9-10-28(17-22)21(30)24-19-7-5-4-6-8-19/h4-8,12-13H,3,9-11,14-17H2,1-2H3,(H,24,30)/t22-/m0/s1. The maximum absolute atomic E-state index is 13.0. The Bertz CT molecular complexity index is 898. The second kappa shape index (κ2) is 8.47. The third-order valence-electron chi connectivity index (χ3n) is 6.04. The smallest absolute Gasteiger partial charge is 0.321 e. The van der Waals surface area contributed by atoms with Crippen molar-refractivity contribution in [2.24, 2.45) is 12.5 Å². The molecular formula is C22H30N6O2. The summed E-state index contributed by atoms with van der Waals surface area (Å²) in [5.74, 6) is 0.184. The van der Waals surface area contributed by atoms with Crippen molar-refractivity contribution in [3.05, 3.63) is 48.3 Å². The summed E-state index contributed by atoms with van der Waals surface area (Å²) in [5, 5.41) is 7.28. The van der Waals surface area contributed by atoms with Crippen molar-refractivity contribution < 1.29 is 9.59 Å². The molecule has 8 nitrogen and oxygen atoms in total. The molecule has 2 aromatic rings. The number of likely N-dealkylation sites (tertiary alicyclic amines) is 1. The molecule has 1 N–H and O–H groups in total. The van der Waals surface area contributed by atoms with Crippen LogP contribution in [-0.4, -0.2) is 75.7 Å². The van der Waals surface area contributed by atoms with E-state index in [0.29, 0.717) is 32.6 Å². The number of nitrogens with one attached hydrogen (secondary N) is 1. The van der Waals surface area contributed by atoms with Crippen LogP contribution in [0.25, 0.3) is 0 Å². The molecule has 1 atom stereocenters. The van der Waals surface area contributed by atoms with E-state index in [1.54, 1.807) is 4.68 Å². The van der Waals surface area contributed by atoms with E-state index in [-0.39, 0.29) is 17.4 Å². The SMILES string of the molecule is CCN1C[C@]2(CC1=O)CN(Cc1cnn(C)c1)CCN(C(=O)Nc1ccccc1)C2. The van der Waals surface area contributed by atoms with E-state index in [4.69, 9.17) is 0 Å². The Kier molecular flexibility index (Phi) is 5.76. The van der Waals surface area contributed by atoms with E-state index in [2.05, 4.69) is 15.3 Å². The number of amides is 3. The lowest BCUT2D eigenvalue weighted by Crippen LogP contribution is -2.45. The van der Waals surface area contributed by atoms with E-state index < -0.39 is 0 Å². The monoisotopic (exact) mass is 410 g/mol. The minimum absolute atomic E-state index is 0.105. The zero-order chi connectivity index (χ0) is 21.1. The highest BCUT2D eigenvalue weighted by Gasteiger charge is 2.46. The van der Waals surface area contributed by atoms with Gasteiger partial charge in [-0.3, -0.25) is 14.4 Å². The molecule has 2 saturated heterocycles. The summed E-state index contributed by atoms with van der Waals surface area (Å²) in [4.78, 5) is 31.8. The lowest BCUT2D eigenvalue weighted by Gasteiger charge is -2.33. The number of carbonyl (C=O) groups is 2. The minimum Gasteiger partial charge on any atom is -0.342 e. The maximum Gasteiger partial charge on any atom is 0.321 e. The van der Waals surface area contributed by atoms with Crippen molar-refractivity contribution in [3.63, 3.8) is 0 Å². The van der Waals surface area contributed by atoms with Crippen LogP contribution >= 0.6 is 0 Å². The van der Waals surface area contributed by atoms with Crippen molar-refractivity contribution >= 4 is 17.6 Å². The highest BCUT2D eigenvalue weighted by atomic mass is 16.2. The Balaban J connectivity index is 1.53. The number of nitrogens with zero attached hydrogens (tertiary/aromatic N) is 5. The molecule has 4 rings (SSSR count). The lowest BCUT2D eigenvalue weighted by molar-refractivity contribution is -0.127. The highest BCUT2D eigenvalue weighted by Crippen LogP contribution is 2.35. The molecular weight excluding hydrogens is 380 g/mol. The van der Waals surface area contributed by atoms with Gasteiger partial charge >= 0.3 is 6.03 Å². The zero-order valence-corrected chi connectivity index (χ0v) is 17.8. The van der Waals surface area contributed by atoms with Gasteiger partial charge in [-0.05, 0) is 19.1 Å². The van der Waals surface area contributed by atoms with Gasteiger partial charge in [0.1, 0.15) is 0 Å². The number of hydrogen-bond acceptors (Lipinski definition) is 4. The topological polar surface area (TPSA) is 73.7 Å². The number of anilines is 1. The minimum atomic E-state index is -0.250. The molecule has 8 heteroatoms. The first-order valence-corrected chi connectivity index (χ1v) is 10.5. The average molecular weight is 411 g/mol. The van der Waals surface area contributed by atoms with Gasteiger partial charge in [0.2, 0.25) is 5.91 Å². The number of rotatable bonds is 4. The summed E-state index contributed by atoms with van der Waals surface area (Å²) in [6, 6.07) is 9.41. The predicted octanol–water partition coefficient (Wildman–Crippen LogP) is 2.01. The van der Waals surface area contributed by atoms with Crippen molar-refractivity contribution in [1.82, 2.24) is 24.5 Å². The van der Waals surface area contributed by atoms with Crippen LogP contribution in [0.15, 0.2) is 42.7 Å². The van der Waals surface area contributed by atoms with E-state index in [1.807, 2.05) is 66.5 Å². The fourth-order valence-corrected chi connectivity index (χ4v) is 4.68. The molecule has 0 bridgehead atoms. The number of urea groups is 1. The molecule has 2 aliphatic heterocycles. The zero-order valence-electron chi connectivity index (χ0n) is 17.8. The number of aryl methyl sites for hydroxylation is 1. The van der Waals surface area contributed by atoms with Gasteiger partial charge in [0.05, 0.1) is 6.20 Å². The van der Waals surface area contributed by atoms with Crippen molar-refractivity contribution in [1.29, 1.82) is 0 Å². The van der Waals surface area contributed by atoms with Crippen LogP contribution in [-0.2, 0) is 18.4 Å². The third kappa shape index (κ3) is 4.48. The second-order valence-electron chi connectivity index (χ2n) is 8.54. The Morgan fingerprint density at radius 1 is 1.17 bits per heavy atom. The first-order chi connectivity index (χ1) is 14.5. The van der Waals surface area contributed by atoms with E-state index in [9.17, 15) is 9.59 Å². The van der Waals surface area contributed by atoms with Crippen LogP contribution in [0.1, 0.15) is 18.9 Å². The van der Waals surface area contributed by atoms with Gasteiger partial charge in [-0.1, -0.05) is 18.2 Å². The Hall–Kier alpha value is -2.87. The van der Waals surface area contributed by atoms with Gasteiger partial charge in [0.15, 0.2) is 0 Å². The van der Waals surface area contributed by atoms with Gasteiger partial charge in [-0.2, -0.15) is 5.10 Å². The fourth-order valence-electron chi connectivity index (χ4n) is 4.68. The van der Waals surface area contributed by atoms with Crippen LogP contribution in [0, 0.1) is 5.41 Å². The van der Waals surface area contributed by atoms with E-state index in [1.165, 1.54) is 0 Å². The molecule has 0 aliphatic carbocycles. The third-order valence-corrected chi connectivity index (χ3v) is 6.04. The van der Waals surface area contributed by atoms with Crippen molar-refractivity contribution in [2.75, 3.05) is 44.6 Å². The van der Waals surface area contributed by atoms with Gasteiger partial charge in [0, 0.05) is 82.1 Å². The summed E-state index contributed by atoms with van der Waals surface area (Å²) in [5.41, 5.74) is 1.68. The molecule has 2 aliphatic rings. The Morgan fingerprint density at radius 2 is 1.97 bits per heavy atom. The second-order valence-corrected chi connectivity index (χ2v) is 8.54. The molecule has 30 heavy (non-hydrogen) atoms. The molecule has 0 saturated carbocycles. The van der Waals surface area contributed by atoms with Gasteiger partial charge in [-0.15, -0.1) is 0 Å². The van der Waals surface area contributed by atoms with Crippen LogP contribution in [0.3, 0.4) is 0 Å². The number of aromatic nitrogens is 2. The predicted molar refractivity (Wildman–Crippen MR) is 115 cm³/mol. The molecule has 0 unspecified atom stereocenters. The number of para-hydroxylation sites is 1. The van der Waals surface area contributed by atoms with Gasteiger partial charge in [0.25, 0.3) is 0 Å². The first kappa shape index (κ1) is 20.4. The quantitative estimate of drug-likeness (QED) is 0.837. The van der Waals surface area contributed by atoms with Gasteiger partial charge < -0.3 is 15.1 Å². The lowest BCUT2D eigenvalue weighted by atomic mass is 9.86.